The first kappa shape index (κ1) is 19.9. The zero-order valence-electron chi connectivity index (χ0n) is 14.9. The van der Waals surface area contributed by atoms with Crippen LogP contribution in [0, 0.1) is 6.92 Å². The minimum atomic E-state index is -4.36. The van der Waals surface area contributed by atoms with Gasteiger partial charge in [-0.3, -0.25) is 4.90 Å². The van der Waals surface area contributed by atoms with Crippen LogP contribution < -0.4 is 0 Å². The number of rotatable bonds is 4. The Kier molecular flexibility index (Phi) is 5.60. The highest BCUT2D eigenvalue weighted by Gasteiger charge is 2.31. The van der Waals surface area contributed by atoms with Gasteiger partial charge in [0.05, 0.1) is 10.5 Å². The molecule has 4 nitrogen and oxygen atoms in total. The monoisotopic (exact) mass is 398 g/mol. The minimum Gasteiger partial charge on any atom is -0.296 e. The van der Waals surface area contributed by atoms with Gasteiger partial charge in [0.25, 0.3) is 0 Å². The molecule has 2 aromatic rings. The predicted octanol–water partition coefficient (Wildman–Crippen LogP) is 3.52. The summed E-state index contributed by atoms with van der Waals surface area (Å²) in [5, 5.41) is 0. The fraction of sp³-hybridized carbons (Fsp3) is 0.368. The Morgan fingerprint density at radius 1 is 0.963 bits per heavy atom. The van der Waals surface area contributed by atoms with E-state index in [2.05, 4.69) is 0 Å². The molecule has 0 bridgehead atoms. The lowest BCUT2D eigenvalue weighted by Crippen LogP contribution is -2.48. The molecule has 1 aliphatic rings. The lowest BCUT2D eigenvalue weighted by Gasteiger charge is -2.34. The number of aryl methyl sites for hydroxylation is 1. The van der Waals surface area contributed by atoms with Crippen LogP contribution in [-0.2, 0) is 22.7 Å². The van der Waals surface area contributed by atoms with Crippen molar-refractivity contribution in [2.45, 2.75) is 24.5 Å². The average molecular weight is 398 g/mol. The molecule has 0 amide bonds. The maximum atomic E-state index is 12.8. The van der Waals surface area contributed by atoms with Gasteiger partial charge in [-0.2, -0.15) is 17.5 Å². The van der Waals surface area contributed by atoms with Crippen LogP contribution in [0.15, 0.2) is 53.4 Å². The molecule has 0 N–H and O–H groups in total. The summed E-state index contributed by atoms with van der Waals surface area (Å²) in [6.45, 7) is 3.83. The third kappa shape index (κ3) is 4.69. The first-order chi connectivity index (χ1) is 12.7. The van der Waals surface area contributed by atoms with Gasteiger partial charge in [0, 0.05) is 32.7 Å². The maximum absolute atomic E-state index is 12.8. The van der Waals surface area contributed by atoms with Crippen LogP contribution in [-0.4, -0.2) is 43.8 Å². The van der Waals surface area contributed by atoms with Crippen molar-refractivity contribution in [2.75, 3.05) is 26.2 Å². The summed E-state index contributed by atoms with van der Waals surface area (Å²) >= 11 is 0. The molecule has 0 aliphatic carbocycles. The molecule has 0 aromatic heterocycles. The standard InChI is InChI=1S/C19H21F3N2O2S/c1-15-5-7-18(8-6-15)27(25,26)24-11-9-23(10-12-24)14-16-3-2-4-17(13-16)19(20,21)22/h2-8,13H,9-12,14H2,1H3. The zero-order chi connectivity index (χ0) is 19.7. The molecule has 3 rings (SSSR count). The molecule has 0 saturated carbocycles. The molecule has 0 radical (unpaired) electrons. The van der Waals surface area contributed by atoms with Crippen molar-refractivity contribution in [2.24, 2.45) is 0 Å². The topological polar surface area (TPSA) is 40.6 Å². The fourth-order valence-corrected chi connectivity index (χ4v) is 4.51. The van der Waals surface area contributed by atoms with E-state index in [9.17, 15) is 21.6 Å². The lowest BCUT2D eigenvalue weighted by molar-refractivity contribution is -0.137. The van der Waals surface area contributed by atoms with E-state index >= 15 is 0 Å². The van der Waals surface area contributed by atoms with Crippen LogP contribution in [0.5, 0.6) is 0 Å². The zero-order valence-corrected chi connectivity index (χ0v) is 15.7. The van der Waals surface area contributed by atoms with E-state index in [1.807, 2.05) is 11.8 Å². The Hall–Kier alpha value is -1.90. The van der Waals surface area contributed by atoms with Gasteiger partial charge < -0.3 is 0 Å². The smallest absolute Gasteiger partial charge is 0.296 e. The molecular formula is C19H21F3N2O2S. The van der Waals surface area contributed by atoms with Gasteiger partial charge >= 0.3 is 6.18 Å². The van der Waals surface area contributed by atoms with Crippen LogP contribution in [0.3, 0.4) is 0 Å². The Morgan fingerprint density at radius 2 is 1.59 bits per heavy atom. The molecule has 0 spiro atoms. The van der Waals surface area contributed by atoms with Gasteiger partial charge in [-0.05, 0) is 30.7 Å². The minimum absolute atomic E-state index is 0.263. The van der Waals surface area contributed by atoms with E-state index in [0.29, 0.717) is 38.3 Å². The third-order valence-corrected chi connectivity index (χ3v) is 6.56. The summed E-state index contributed by atoms with van der Waals surface area (Å²) in [5.41, 5.74) is 0.889. The summed E-state index contributed by atoms with van der Waals surface area (Å²) in [6.07, 6.45) is -4.36. The largest absolute Gasteiger partial charge is 0.416 e. The number of hydrogen-bond acceptors (Lipinski definition) is 3. The van der Waals surface area contributed by atoms with Gasteiger partial charge in [-0.1, -0.05) is 35.9 Å². The highest BCUT2D eigenvalue weighted by molar-refractivity contribution is 7.89. The molecule has 1 saturated heterocycles. The van der Waals surface area contributed by atoms with Gasteiger partial charge in [-0.15, -0.1) is 0 Å². The molecule has 0 atom stereocenters. The van der Waals surface area contributed by atoms with E-state index in [0.717, 1.165) is 17.7 Å². The van der Waals surface area contributed by atoms with E-state index in [4.69, 9.17) is 0 Å². The molecule has 146 valence electrons. The fourth-order valence-electron chi connectivity index (χ4n) is 3.09. The molecule has 1 heterocycles. The first-order valence-electron chi connectivity index (χ1n) is 8.61. The number of nitrogens with zero attached hydrogens (tertiary/aromatic N) is 2. The number of piperazine rings is 1. The number of benzene rings is 2. The molecule has 27 heavy (non-hydrogen) atoms. The number of hydrogen-bond donors (Lipinski definition) is 0. The Labute approximate surface area is 157 Å². The maximum Gasteiger partial charge on any atom is 0.416 e. The second-order valence-electron chi connectivity index (χ2n) is 6.69. The van der Waals surface area contributed by atoms with Crippen molar-refractivity contribution in [1.82, 2.24) is 9.21 Å². The quantitative estimate of drug-likeness (QED) is 0.791. The average Bonchev–Trinajstić information content (AvgIpc) is 2.62. The van der Waals surface area contributed by atoms with Gasteiger partial charge in [0.15, 0.2) is 0 Å². The van der Waals surface area contributed by atoms with Crippen molar-refractivity contribution in [1.29, 1.82) is 0 Å². The Morgan fingerprint density at radius 3 is 2.19 bits per heavy atom. The molecule has 2 aromatic carbocycles. The normalized spacial score (nSPS) is 17.2. The second kappa shape index (κ2) is 7.61. The van der Waals surface area contributed by atoms with E-state index < -0.39 is 21.8 Å². The molecule has 1 fully saturated rings. The van der Waals surface area contributed by atoms with E-state index in [1.165, 1.54) is 10.4 Å². The van der Waals surface area contributed by atoms with Crippen molar-refractivity contribution in [3.63, 3.8) is 0 Å². The number of sulfonamides is 1. The predicted molar refractivity (Wildman–Crippen MR) is 96.7 cm³/mol. The summed E-state index contributed by atoms with van der Waals surface area (Å²) in [4.78, 5) is 2.23. The highest BCUT2D eigenvalue weighted by Crippen LogP contribution is 2.30. The van der Waals surface area contributed by atoms with Crippen LogP contribution in [0.1, 0.15) is 16.7 Å². The molecular weight excluding hydrogens is 377 g/mol. The number of alkyl halides is 3. The van der Waals surface area contributed by atoms with Crippen LogP contribution in [0.4, 0.5) is 13.2 Å². The third-order valence-electron chi connectivity index (χ3n) is 4.65. The van der Waals surface area contributed by atoms with Gasteiger partial charge in [-0.25, -0.2) is 8.42 Å². The number of halogens is 3. The second-order valence-corrected chi connectivity index (χ2v) is 8.63. The first-order valence-corrected chi connectivity index (χ1v) is 10.1. The van der Waals surface area contributed by atoms with Crippen molar-refractivity contribution in [3.8, 4) is 0 Å². The summed E-state index contributed by atoms with van der Waals surface area (Å²) < 4.78 is 65.3. The highest BCUT2D eigenvalue weighted by atomic mass is 32.2. The van der Waals surface area contributed by atoms with Crippen LogP contribution in [0.2, 0.25) is 0 Å². The van der Waals surface area contributed by atoms with Crippen molar-refractivity contribution >= 4 is 10.0 Å². The molecule has 0 unspecified atom stereocenters. The SMILES string of the molecule is Cc1ccc(S(=O)(=O)N2CCN(Cc3cccc(C(F)(F)F)c3)CC2)cc1. The van der Waals surface area contributed by atoms with Crippen LogP contribution >= 0.6 is 0 Å². The van der Waals surface area contributed by atoms with E-state index in [1.54, 1.807) is 30.3 Å². The summed E-state index contributed by atoms with van der Waals surface area (Å²) in [6, 6.07) is 12.0. The van der Waals surface area contributed by atoms with Crippen LogP contribution in [0.25, 0.3) is 0 Å². The van der Waals surface area contributed by atoms with E-state index in [-0.39, 0.29) is 4.90 Å². The van der Waals surface area contributed by atoms with Crippen molar-refractivity contribution in [3.05, 3.63) is 65.2 Å². The summed E-state index contributed by atoms with van der Waals surface area (Å²) in [7, 11) is -3.54. The Balaban J connectivity index is 1.63. The molecule has 1 aliphatic heterocycles. The summed E-state index contributed by atoms with van der Waals surface area (Å²) in [5.74, 6) is 0. The van der Waals surface area contributed by atoms with Gasteiger partial charge in [0.1, 0.15) is 0 Å². The van der Waals surface area contributed by atoms with Crippen molar-refractivity contribution < 1.29 is 21.6 Å². The molecule has 8 heteroatoms. The Bertz CT molecular complexity index is 888. The van der Waals surface area contributed by atoms with Gasteiger partial charge in [0.2, 0.25) is 10.0 Å². The lowest BCUT2D eigenvalue weighted by atomic mass is 10.1.